The molecule has 0 radical (unpaired) electrons. The van der Waals surface area contributed by atoms with Gasteiger partial charge in [-0.05, 0) is 49.8 Å². The molecule has 0 saturated carbocycles. The Morgan fingerprint density at radius 2 is 2.27 bits per heavy atom. The molecule has 15 heavy (non-hydrogen) atoms. The van der Waals surface area contributed by atoms with E-state index in [0.29, 0.717) is 0 Å². The van der Waals surface area contributed by atoms with Crippen molar-refractivity contribution in [1.82, 2.24) is 0 Å². The number of carbonyl (C=O) groups excluding carboxylic acids is 1. The van der Waals surface area contributed by atoms with Crippen molar-refractivity contribution >= 4 is 17.1 Å². The third-order valence-corrected chi connectivity index (χ3v) is 4.04. The predicted molar refractivity (Wildman–Crippen MR) is 64.6 cm³/mol. The number of thiophene rings is 1. The van der Waals surface area contributed by atoms with Gasteiger partial charge in [-0.15, -0.1) is 11.3 Å². The minimum atomic E-state index is 0.263. The van der Waals surface area contributed by atoms with E-state index >= 15 is 0 Å². The molecule has 1 aliphatic rings. The third-order valence-electron chi connectivity index (χ3n) is 2.82. The molecule has 1 aliphatic carbocycles. The zero-order valence-electron chi connectivity index (χ0n) is 9.08. The fraction of sp³-hybridized carbons (Fsp3) is 0.462. The Morgan fingerprint density at radius 3 is 2.87 bits per heavy atom. The van der Waals surface area contributed by atoms with Gasteiger partial charge < -0.3 is 0 Å². The number of allylic oxidation sites excluding steroid dienone is 2. The van der Waals surface area contributed by atoms with Gasteiger partial charge in [-0.25, -0.2) is 0 Å². The summed E-state index contributed by atoms with van der Waals surface area (Å²) in [5.41, 5.74) is 1.03. The van der Waals surface area contributed by atoms with Gasteiger partial charge in [0, 0.05) is 4.88 Å². The normalized spacial score (nSPS) is 16.2. The van der Waals surface area contributed by atoms with Crippen molar-refractivity contribution in [1.29, 1.82) is 0 Å². The highest BCUT2D eigenvalue weighted by Crippen LogP contribution is 2.25. The molecule has 0 spiro atoms. The molecule has 1 aromatic heterocycles. The van der Waals surface area contributed by atoms with E-state index in [-0.39, 0.29) is 5.78 Å². The molecule has 0 amide bonds. The zero-order valence-corrected chi connectivity index (χ0v) is 9.90. The molecule has 2 rings (SSSR count). The second-order valence-electron chi connectivity index (χ2n) is 3.92. The maximum absolute atomic E-state index is 12.1. The largest absolute Gasteiger partial charge is 0.288 e. The first-order chi connectivity index (χ1) is 7.31. The van der Waals surface area contributed by atoms with E-state index in [1.165, 1.54) is 17.7 Å². The maximum Gasteiger partial charge on any atom is 0.198 e. The molecule has 0 aromatic carbocycles. The van der Waals surface area contributed by atoms with Crippen LogP contribution in [0.3, 0.4) is 0 Å². The summed E-state index contributed by atoms with van der Waals surface area (Å²) in [5, 5.41) is 0. The van der Waals surface area contributed by atoms with Crippen molar-refractivity contribution in [2.24, 2.45) is 0 Å². The quantitative estimate of drug-likeness (QED) is 0.704. The van der Waals surface area contributed by atoms with Crippen molar-refractivity contribution in [3.8, 4) is 0 Å². The van der Waals surface area contributed by atoms with Gasteiger partial charge in [-0.2, -0.15) is 0 Å². The number of rotatable bonds is 3. The van der Waals surface area contributed by atoms with Gasteiger partial charge in [0.15, 0.2) is 5.78 Å². The molecule has 0 unspecified atom stereocenters. The van der Waals surface area contributed by atoms with E-state index in [2.05, 4.69) is 19.1 Å². The molecular formula is C13H16OS. The van der Waals surface area contributed by atoms with Crippen molar-refractivity contribution in [2.75, 3.05) is 0 Å². The minimum Gasteiger partial charge on any atom is -0.288 e. The topological polar surface area (TPSA) is 17.1 Å². The summed E-state index contributed by atoms with van der Waals surface area (Å²) in [4.78, 5) is 14.3. The lowest BCUT2D eigenvalue weighted by Crippen LogP contribution is -2.04. The smallest absolute Gasteiger partial charge is 0.198 e. The highest BCUT2D eigenvalue weighted by Gasteiger charge is 2.15. The fourth-order valence-corrected chi connectivity index (χ4v) is 2.82. The molecule has 1 aromatic rings. The Kier molecular flexibility index (Phi) is 3.37. The van der Waals surface area contributed by atoms with Crippen LogP contribution in [0.1, 0.15) is 47.2 Å². The number of ketones is 1. The average Bonchev–Trinajstić information content (AvgIpc) is 2.78. The van der Waals surface area contributed by atoms with E-state index in [1.54, 1.807) is 11.3 Å². The van der Waals surface area contributed by atoms with Gasteiger partial charge in [-0.1, -0.05) is 13.0 Å². The SMILES string of the molecule is CCc1ccc(C(=O)C2=CCCCC2)s1. The van der Waals surface area contributed by atoms with E-state index < -0.39 is 0 Å². The number of hydrogen-bond acceptors (Lipinski definition) is 2. The Bertz CT molecular complexity index is 387. The van der Waals surface area contributed by atoms with Crippen LogP contribution in [-0.2, 0) is 6.42 Å². The Hall–Kier alpha value is -0.890. The summed E-state index contributed by atoms with van der Waals surface area (Å²) in [6, 6.07) is 4.04. The first-order valence-corrected chi connectivity index (χ1v) is 6.45. The molecule has 0 bridgehead atoms. The molecule has 1 nitrogen and oxygen atoms in total. The molecule has 0 atom stereocenters. The first kappa shape index (κ1) is 10.6. The second-order valence-corrected chi connectivity index (χ2v) is 5.09. The van der Waals surface area contributed by atoms with Crippen molar-refractivity contribution in [2.45, 2.75) is 39.0 Å². The molecule has 80 valence electrons. The lowest BCUT2D eigenvalue weighted by molar-refractivity contribution is 0.103. The van der Waals surface area contributed by atoms with E-state index in [0.717, 1.165) is 29.7 Å². The summed E-state index contributed by atoms with van der Waals surface area (Å²) >= 11 is 1.64. The van der Waals surface area contributed by atoms with Gasteiger partial charge in [0.1, 0.15) is 0 Å². The first-order valence-electron chi connectivity index (χ1n) is 5.63. The number of carbonyl (C=O) groups is 1. The van der Waals surface area contributed by atoms with Crippen LogP contribution in [0.5, 0.6) is 0 Å². The van der Waals surface area contributed by atoms with Crippen LogP contribution in [0.4, 0.5) is 0 Å². The van der Waals surface area contributed by atoms with E-state index in [9.17, 15) is 4.79 Å². The van der Waals surface area contributed by atoms with Crippen LogP contribution in [0, 0.1) is 0 Å². The van der Waals surface area contributed by atoms with Crippen LogP contribution in [0.15, 0.2) is 23.8 Å². The lowest BCUT2D eigenvalue weighted by Gasteiger charge is -2.09. The summed E-state index contributed by atoms with van der Waals surface area (Å²) in [6.45, 7) is 2.12. The minimum absolute atomic E-state index is 0.263. The highest BCUT2D eigenvalue weighted by molar-refractivity contribution is 7.14. The zero-order chi connectivity index (χ0) is 10.7. The molecule has 0 fully saturated rings. The van der Waals surface area contributed by atoms with Gasteiger partial charge in [-0.3, -0.25) is 4.79 Å². The molecule has 0 N–H and O–H groups in total. The molecule has 0 saturated heterocycles. The van der Waals surface area contributed by atoms with Crippen LogP contribution < -0.4 is 0 Å². The van der Waals surface area contributed by atoms with E-state index in [1.807, 2.05) is 6.07 Å². The van der Waals surface area contributed by atoms with Gasteiger partial charge >= 0.3 is 0 Å². The fourth-order valence-electron chi connectivity index (χ4n) is 1.89. The van der Waals surface area contributed by atoms with Crippen molar-refractivity contribution < 1.29 is 4.79 Å². The summed E-state index contributed by atoms with van der Waals surface area (Å²) in [5.74, 6) is 0.263. The highest BCUT2D eigenvalue weighted by atomic mass is 32.1. The van der Waals surface area contributed by atoms with Crippen LogP contribution in [0.25, 0.3) is 0 Å². The van der Waals surface area contributed by atoms with Crippen molar-refractivity contribution in [3.05, 3.63) is 33.5 Å². The molecule has 2 heteroatoms. The number of Topliss-reactive ketones (excluding diaryl/α,β-unsaturated/α-hetero) is 1. The summed E-state index contributed by atoms with van der Waals surface area (Å²) in [7, 11) is 0. The molecule has 0 aliphatic heterocycles. The Labute approximate surface area is 94.8 Å². The maximum atomic E-state index is 12.1. The summed E-state index contributed by atoms with van der Waals surface area (Å²) in [6.07, 6.45) is 7.60. The molecule has 1 heterocycles. The van der Waals surface area contributed by atoms with Gasteiger partial charge in [0.05, 0.1) is 4.88 Å². The average molecular weight is 220 g/mol. The van der Waals surface area contributed by atoms with Gasteiger partial charge in [0.25, 0.3) is 0 Å². The Balaban J connectivity index is 2.16. The van der Waals surface area contributed by atoms with Crippen molar-refractivity contribution in [3.63, 3.8) is 0 Å². The lowest BCUT2D eigenvalue weighted by atomic mass is 9.96. The predicted octanol–water partition coefficient (Wildman–Crippen LogP) is 3.99. The second kappa shape index (κ2) is 4.75. The van der Waals surface area contributed by atoms with E-state index in [4.69, 9.17) is 0 Å². The standard InChI is InChI=1S/C13H16OS/c1-2-11-8-9-12(15-11)13(14)10-6-4-3-5-7-10/h6,8-9H,2-5,7H2,1H3. The number of hydrogen-bond donors (Lipinski definition) is 0. The van der Waals surface area contributed by atoms with Crippen LogP contribution >= 0.6 is 11.3 Å². The molecular weight excluding hydrogens is 204 g/mol. The van der Waals surface area contributed by atoms with Gasteiger partial charge in [0.2, 0.25) is 0 Å². The number of aryl methyl sites for hydroxylation is 1. The third kappa shape index (κ3) is 2.37. The Morgan fingerprint density at radius 1 is 1.40 bits per heavy atom. The monoisotopic (exact) mass is 220 g/mol. The van der Waals surface area contributed by atoms with Crippen LogP contribution in [0.2, 0.25) is 0 Å². The van der Waals surface area contributed by atoms with Crippen LogP contribution in [-0.4, -0.2) is 5.78 Å². The summed E-state index contributed by atoms with van der Waals surface area (Å²) < 4.78 is 0.